The van der Waals surface area contributed by atoms with E-state index < -0.39 is 0 Å². The van der Waals surface area contributed by atoms with E-state index in [1.807, 2.05) is 31.2 Å². The molecule has 0 unspecified atom stereocenters. The molecule has 0 saturated carbocycles. The fourth-order valence-corrected chi connectivity index (χ4v) is 1.94. The minimum absolute atomic E-state index is 0.257. The molecule has 2 rings (SSSR count). The summed E-state index contributed by atoms with van der Waals surface area (Å²) in [5.74, 6) is 0.535. The van der Waals surface area contributed by atoms with E-state index in [4.69, 9.17) is 9.47 Å². The zero-order valence-electron chi connectivity index (χ0n) is 12.1. The van der Waals surface area contributed by atoms with Crippen molar-refractivity contribution >= 4 is 5.69 Å². The van der Waals surface area contributed by atoms with Crippen LogP contribution in [0.4, 0.5) is 10.1 Å². The van der Waals surface area contributed by atoms with Gasteiger partial charge in [-0.2, -0.15) is 0 Å². The lowest BCUT2D eigenvalue weighted by atomic mass is 10.2. The van der Waals surface area contributed by atoms with Gasteiger partial charge in [0.05, 0.1) is 12.3 Å². The van der Waals surface area contributed by atoms with Gasteiger partial charge in [-0.25, -0.2) is 4.39 Å². The van der Waals surface area contributed by atoms with Gasteiger partial charge >= 0.3 is 0 Å². The van der Waals surface area contributed by atoms with Crippen LogP contribution in [0.15, 0.2) is 48.5 Å². The van der Waals surface area contributed by atoms with Gasteiger partial charge in [0, 0.05) is 18.7 Å². The van der Waals surface area contributed by atoms with E-state index in [1.165, 1.54) is 6.07 Å². The van der Waals surface area contributed by atoms with Crippen molar-refractivity contribution in [2.45, 2.75) is 13.5 Å². The Hall–Kier alpha value is -2.07. The number of anilines is 1. The molecule has 21 heavy (non-hydrogen) atoms. The monoisotopic (exact) mass is 289 g/mol. The summed E-state index contributed by atoms with van der Waals surface area (Å²) in [7, 11) is 0. The van der Waals surface area contributed by atoms with Gasteiger partial charge in [0.1, 0.15) is 18.2 Å². The third-order valence-electron chi connectivity index (χ3n) is 3.01. The van der Waals surface area contributed by atoms with E-state index in [-0.39, 0.29) is 5.82 Å². The van der Waals surface area contributed by atoms with Crippen LogP contribution in [0.2, 0.25) is 0 Å². The van der Waals surface area contributed by atoms with Crippen LogP contribution in [-0.4, -0.2) is 19.8 Å². The number of rotatable bonds is 8. The summed E-state index contributed by atoms with van der Waals surface area (Å²) in [4.78, 5) is 0. The molecule has 0 spiro atoms. The maximum absolute atomic E-state index is 13.6. The Kier molecular flexibility index (Phi) is 6.03. The standard InChI is InChI=1S/C17H20FNO2/c1-2-20-11-12-21-17-10-6-3-7-14(17)13-19-16-9-5-4-8-15(16)18/h3-10,19H,2,11-13H2,1H3. The summed E-state index contributed by atoms with van der Waals surface area (Å²) in [6, 6.07) is 14.4. The molecule has 3 nitrogen and oxygen atoms in total. The van der Waals surface area contributed by atoms with Gasteiger partial charge in [0.2, 0.25) is 0 Å². The second-order valence-electron chi connectivity index (χ2n) is 4.49. The van der Waals surface area contributed by atoms with Gasteiger partial charge < -0.3 is 14.8 Å². The molecule has 0 aromatic heterocycles. The normalized spacial score (nSPS) is 10.4. The van der Waals surface area contributed by atoms with Gasteiger partial charge in [0.25, 0.3) is 0 Å². The van der Waals surface area contributed by atoms with E-state index in [9.17, 15) is 4.39 Å². The van der Waals surface area contributed by atoms with E-state index in [0.717, 1.165) is 11.3 Å². The first-order chi connectivity index (χ1) is 10.3. The lowest BCUT2D eigenvalue weighted by Gasteiger charge is -2.13. The summed E-state index contributed by atoms with van der Waals surface area (Å²) in [6.07, 6.45) is 0. The lowest BCUT2D eigenvalue weighted by Crippen LogP contribution is -2.09. The van der Waals surface area contributed by atoms with Crippen molar-refractivity contribution in [2.24, 2.45) is 0 Å². The average molecular weight is 289 g/mol. The fourth-order valence-electron chi connectivity index (χ4n) is 1.94. The van der Waals surface area contributed by atoms with Crippen molar-refractivity contribution in [1.29, 1.82) is 0 Å². The molecule has 0 aliphatic heterocycles. The van der Waals surface area contributed by atoms with Gasteiger partial charge in [0.15, 0.2) is 0 Å². The van der Waals surface area contributed by atoms with Crippen molar-refractivity contribution in [1.82, 2.24) is 0 Å². The first kappa shape index (κ1) is 15.3. The van der Waals surface area contributed by atoms with Gasteiger partial charge in [-0.15, -0.1) is 0 Å². The third-order valence-corrected chi connectivity index (χ3v) is 3.01. The van der Waals surface area contributed by atoms with Crippen LogP contribution in [0.5, 0.6) is 5.75 Å². The predicted octanol–water partition coefficient (Wildman–Crippen LogP) is 3.85. The lowest BCUT2D eigenvalue weighted by molar-refractivity contribution is 0.110. The van der Waals surface area contributed by atoms with Crippen LogP contribution in [-0.2, 0) is 11.3 Å². The van der Waals surface area contributed by atoms with Crippen molar-refractivity contribution in [3.05, 3.63) is 59.9 Å². The van der Waals surface area contributed by atoms with Gasteiger partial charge in [-0.1, -0.05) is 30.3 Å². The van der Waals surface area contributed by atoms with Gasteiger partial charge in [-0.3, -0.25) is 0 Å². The minimum Gasteiger partial charge on any atom is -0.491 e. The third kappa shape index (κ3) is 4.76. The Balaban J connectivity index is 1.95. The van der Waals surface area contributed by atoms with E-state index in [1.54, 1.807) is 18.2 Å². The number of ether oxygens (including phenoxy) is 2. The molecule has 112 valence electrons. The zero-order valence-corrected chi connectivity index (χ0v) is 12.1. The highest BCUT2D eigenvalue weighted by atomic mass is 19.1. The Labute approximate surface area is 124 Å². The Bertz CT molecular complexity index is 560. The Morgan fingerprint density at radius 3 is 2.57 bits per heavy atom. The smallest absolute Gasteiger partial charge is 0.146 e. The number of halogens is 1. The van der Waals surface area contributed by atoms with Crippen molar-refractivity contribution in [3.8, 4) is 5.75 Å². The summed E-state index contributed by atoms with van der Waals surface area (Å²) in [6.45, 7) is 4.20. The quantitative estimate of drug-likeness (QED) is 0.749. The summed E-state index contributed by atoms with van der Waals surface area (Å²) >= 11 is 0. The molecule has 0 bridgehead atoms. The number of hydrogen-bond donors (Lipinski definition) is 1. The molecule has 0 aliphatic carbocycles. The van der Waals surface area contributed by atoms with E-state index >= 15 is 0 Å². The van der Waals surface area contributed by atoms with Crippen molar-refractivity contribution < 1.29 is 13.9 Å². The first-order valence-corrected chi connectivity index (χ1v) is 7.08. The molecule has 1 N–H and O–H groups in total. The summed E-state index contributed by atoms with van der Waals surface area (Å²) in [5.41, 5.74) is 1.47. The molecule has 2 aromatic rings. The molecule has 0 atom stereocenters. The topological polar surface area (TPSA) is 30.5 Å². The number of hydrogen-bond acceptors (Lipinski definition) is 3. The number of benzene rings is 2. The second-order valence-corrected chi connectivity index (χ2v) is 4.49. The fraction of sp³-hybridized carbons (Fsp3) is 0.294. The molecular weight excluding hydrogens is 269 g/mol. The number of nitrogens with one attached hydrogen (secondary N) is 1. The number of para-hydroxylation sites is 2. The van der Waals surface area contributed by atoms with Crippen LogP contribution in [0, 0.1) is 5.82 Å². The Morgan fingerprint density at radius 1 is 1.00 bits per heavy atom. The highest BCUT2D eigenvalue weighted by molar-refractivity contribution is 5.46. The van der Waals surface area contributed by atoms with Crippen molar-refractivity contribution in [3.63, 3.8) is 0 Å². The van der Waals surface area contributed by atoms with Crippen LogP contribution >= 0.6 is 0 Å². The molecule has 0 fully saturated rings. The maximum atomic E-state index is 13.6. The van der Waals surface area contributed by atoms with Crippen LogP contribution in [0.1, 0.15) is 12.5 Å². The van der Waals surface area contributed by atoms with E-state index in [0.29, 0.717) is 32.1 Å². The zero-order chi connectivity index (χ0) is 14.9. The summed E-state index contributed by atoms with van der Waals surface area (Å²) < 4.78 is 24.5. The second kappa shape index (κ2) is 8.27. The minimum atomic E-state index is -0.257. The highest BCUT2D eigenvalue weighted by Crippen LogP contribution is 2.20. The van der Waals surface area contributed by atoms with Crippen molar-refractivity contribution in [2.75, 3.05) is 25.1 Å². The first-order valence-electron chi connectivity index (χ1n) is 7.08. The van der Waals surface area contributed by atoms with Crippen LogP contribution in [0.25, 0.3) is 0 Å². The average Bonchev–Trinajstić information content (AvgIpc) is 2.52. The Morgan fingerprint density at radius 2 is 1.76 bits per heavy atom. The van der Waals surface area contributed by atoms with Crippen LogP contribution < -0.4 is 10.1 Å². The molecule has 0 aliphatic rings. The molecule has 0 heterocycles. The summed E-state index contributed by atoms with van der Waals surface area (Å²) in [5, 5.41) is 3.08. The van der Waals surface area contributed by atoms with Crippen LogP contribution in [0.3, 0.4) is 0 Å². The highest BCUT2D eigenvalue weighted by Gasteiger charge is 2.05. The maximum Gasteiger partial charge on any atom is 0.146 e. The SMILES string of the molecule is CCOCCOc1ccccc1CNc1ccccc1F. The molecule has 0 saturated heterocycles. The predicted molar refractivity (Wildman–Crippen MR) is 82.2 cm³/mol. The van der Waals surface area contributed by atoms with Gasteiger partial charge in [-0.05, 0) is 25.1 Å². The largest absolute Gasteiger partial charge is 0.491 e. The van der Waals surface area contributed by atoms with E-state index in [2.05, 4.69) is 5.32 Å². The molecular formula is C17H20FNO2. The molecule has 4 heteroatoms. The molecule has 0 amide bonds. The molecule has 2 aromatic carbocycles. The molecule has 0 radical (unpaired) electrons.